The first-order valence-corrected chi connectivity index (χ1v) is 12.0. The summed E-state index contributed by atoms with van der Waals surface area (Å²) in [7, 11) is 3.35. The Kier molecular flexibility index (Phi) is 6.24. The van der Waals surface area contributed by atoms with Crippen LogP contribution in [0.25, 0.3) is 27.5 Å². The number of hydrogen-bond donors (Lipinski definition) is 0. The topological polar surface area (TPSA) is 69.4 Å². The summed E-state index contributed by atoms with van der Waals surface area (Å²) in [6.07, 6.45) is 0. The van der Waals surface area contributed by atoms with E-state index in [1.807, 2.05) is 73.1 Å². The van der Waals surface area contributed by atoms with Gasteiger partial charge in [0.15, 0.2) is 5.69 Å². The molecule has 0 atom stereocenters. The lowest BCUT2D eigenvalue weighted by molar-refractivity contribution is 0.0747. The molecule has 36 heavy (non-hydrogen) atoms. The maximum Gasteiger partial charge on any atom is 0.296 e. The van der Waals surface area contributed by atoms with Gasteiger partial charge in [0.05, 0.1) is 17.8 Å². The molecule has 0 aliphatic carbocycles. The SMILES string of the molecule is CCN(Cc1ccccc1)C(=O)c1nn(-c2ccc(OC)c(Cl)c2)c(=O)c2c1c1ccccc1n2C. The van der Waals surface area contributed by atoms with E-state index in [0.717, 1.165) is 16.5 Å². The minimum Gasteiger partial charge on any atom is -0.495 e. The highest BCUT2D eigenvalue weighted by atomic mass is 35.5. The van der Waals surface area contributed by atoms with Crippen LogP contribution in [0.4, 0.5) is 0 Å². The van der Waals surface area contributed by atoms with E-state index in [1.165, 1.54) is 11.8 Å². The molecule has 8 heteroatoms. The zero-order chi connectivity index (χ0) is 25.4. The van der Waals surface area contributed by atoms with Gasteiger partial charge in [0.1, 0.15) is 11.3 Å². The lowest BCUT2D eigenvalue weighted by Gasteiger charge is -2.21. The van der Waals surface area contributed by atoms with Gasteiger partial charge < -0.3 is 14.2 Å². The van der Waals surface area contributed by atoms with Crippen molar-refractivity contribution in [3.63, 3.8) is 0 Å². The third-order valence-electron chi connectivity index (χ3n) is 6.41. The van der Waals surface area contributed by atoms with Gasteiger partial charge in [-0.05, 0) is 36.8 Å². The highest BCUT2D eigenvalue weighted by molar-refractivity contribution is 6.32. The molecular formula is C28H25ClN4O3. The zero-order valence-corrected chi connectivity index (χ0v) is 21.0. The number of hydrogen-bond acceptors (Lipinski definition) is 4. The summed E-state index contributed by atoms with van der Waals surface area (Å²) in [5.41, 5.74) is 2.57. The summed E-state index contributed by atoms with van der Waals surface area (Å²) in [6, 6.07) is 22.4. The van der Waals surface area contributed by atoms with Crippen molar-refractivity contribution in [3.8, 4) is 11.4 Å². The van der Waals surface area contributed by atoms with Crippen molar-refractivity contribution in [1.29, 1.82) is 0 Å². The molecule has 0 saturated heterocycles. The van der Waals surface area contributed by atoms with E-state index in [0.29, 0.717) is 40.5 Å². The van der Waals surface area contributed by atoms with Gasteiger partial charge in [-0.25, -0.2) is 0 Å². The molecule has 5 rings (SSSR count). The van der Waals surface area contributed by atoms with Gasteiger partial charge in [-0.3, -0.25) is 9.59 Å². The van der Waals surface area contributed by atoms with Crippen LogP contribution in [0, 0.1) is 0 Å². The molecule has 0 fully saturated rings. The van der Waals surface area contributed by atoms with Gasteiger partial charge in [0, 0.05) is 36.4 Å². The third-order valence-corrected chi connectivity index (χ3v) is 6.70. The molecule has 0 aliphatic heterocycles. The molecule has 2 aromatic heterocycles. The van der Waals surface area contributed by atoms with Crippen LogP contribution >= 0.6 is 11.6 Å². The van der Waals surface area contributed by atoms with Gasteiger partial charge in [0.25, 0.3) is 11.5 Å². The van der Waals surface area contributed by atoms with Gasteiger partial charge in [-0.15, -0.1) is 0 Å². The van der Waals surface area contributed by atoms with Gasteiger partial charge in [-0.2, -0.15) is 9.78 Å². The minimum atomic E-state index is -0.340. The van der Waals surface area contributed by atoms with Crippen molar-refractivity contribution < 1.29 is 9.53 Å². The Morgan fingerprint density at radius 2 is 1.78 bits per heavy atom. The van der Waals surface area contributed by atoms with E-state index in [1.54, 1.807) is 23.1 Å². The summed E-state index contributed by atoms with van der Waals surface area (Å²) in [5, 5.41) is 6.33. The normalized spacial score (nSPS) is 11.2. The Hall–Kier alpha value is -4.10. The number of ether oxygens (including phenoxy) is 1. The van der Waals surface area contributed by atoms with E-state index < -0.39 is 0 Å². The summed E-state index contributed by atoms with van der Waals surface area (Å²) in [5.74, 6) is 0.228. The lowest BCUT2D eigenvalue weighted by atomic mass is 10.1. The fourth-order valence-electron chi connectivity index (χ4n) is 4.57. The molecule has 3 aromatic carbocycles. The van der Waals surface area contributed by atoms with Gasteiger partial charge >= 0.3 is 0 Å². The minimum absolute atomic E-state index is 0.214. The molecular weight excluding hydrogens is 476 g/mol. The van der Waals surface area contributed by atoms with Gasteiger partial charge in [-0.1, -0.05) is 60.1 Å². The fraction of sp³-hybridized carbons (Fsp3) is 0.179. The van der Waals surface area contributed by atoms with Crippen molar-refractivity contribution in [2.24, 2.45) is 7.05 Å². The largest absolute Gasteiger partial charge is 0.495 e. The Labute approximate surface area is 213 Å². The van der Waals surface area contributed by atoms with Crippen LogP contribution in [0.5, 0.6) is 5.75 Å². The number of rotatable bonds is 6. The maximum atomic E-state index is 14.0. The average Bonchev–Trinajstić information content (AvgIpc) is 3.21. The number of nitrogens with zero attached hydrogens (tertiary/aromatic N) is 4. The second-order valence-corrected chi connectivity index (χ2v) is 8.90. The summed E-state index contributed by atoms with van der Waals surface area (Å²) in [4.78, 5) is 29.5. The quantitative estimate of drug-likeness (QED) is 0.321. The van der Waals surface area contributed by atoms with E-state index >= 15 is 0 Å². The predicted molar refractivity (Wildman–Crippen MR) is 142 cm³/mol. The van der Waals surface area contributed by atoms with Gasteiger partial charge in [0.2, 0.25) is 0 Å². The molecule has 7 nitrogen and oxygen atoms in total. The zero-order valence-electron chi connectivity index (χ0n) is 20.2. The number of aryl methyl sites for hydroxylation is 1. The Bertz CT molecular complexity index is 1660. The van der Waals surface area contributed by atoms with Crippen LogP contribution in [0.15, 0.2) is 77.6 Å². The first-order valence-electron chi connectivity index (χ1n) is 11.6. The molecule has 2 heterocycles. The van der Waals surface area contributed by atoms with E-state index in [9.17, 15) is 9.59 Å². The van der Waals surface area contributed by atoms with Crippen molar-refractivity contribution in [1.82, 2.24) is 19.2 Å². The summed E-state index contributed by atoms with van der Waals surface area (Å²) in [6.45, 7) is 2.84. The smallest absolute Gasteiger partial charge is 0.296 e. The number of halogens is 1. The van der Waals surface area contributed by atoms with Crippen LogP contribution in [-0.4, -0.2) is 38.8 Å². The lowest BCUT2D eigenvalue weighted by Crippen LogP contribution is -2.34. The molecule has 0 unspecified atom stereocenters. The van der Waals surface area contributed by atoms with Crippen molar-refractivity contribution in [2.45, 2.75) is 13.5 Å². The molecule has 0 radical (unpaired) electrons. The molecule has 0 bridgehead atoms. The number of aromatic nitrogens is 3. The molecule has 0 spiro atoms. The number of carbonyl (C=O) groups excluding carboxylic acids is 1. The van der Waals surface area contributed by atoms with Crippen LogP contribution in [0.3, 0.4) is 0 Å². The number of para-hydroxylation sites is 1. The first-order chi connectivity index (χ1) is 17.4. The molecule has 0 aliphatic rings. The number of amides is 1. The number of methoxy groups -OCH3 is 1. The van der Waals surface area contributed by atoms with E-state index in [4.69, 9.17) is 16.3 Å². The van der Waals surface area contributed by atoms with Crippen LogP contribution < -0.4 is 10.3 Å². The van der Waals surface area contributed by atoms with Crippen LogP contribution in [0.1, 0.15) is 23.0 Å². The Balaban J connectivity index is 1.77. The number of benzene rings is 3. The first kappa shape index (κ1) is 23.6. The average molecular weight is 501 g/mol. The number of fused-ring (bicyclic) bond motifs is 3. The highest BCUT2D eigenvalue weighted by Gasteiger charge is 2.26. The molecule has 5 aromatic rings. The van der Waals surface area contributed by atoms with E-state index in [-0.39, 0.29) is 17.2 Å². The monoisotopic (exact) mass is 500 g/mol. The van der Waals surface area contributed by atoms with E-state index in [2.05, 4.69) is 5.10 Å². The predicted octanol–water partition coefficient (Wildman–Crippen LogP) is 5.20. The van der Waals surface area contributed by atoms with Crippen LogP contribution in [-0.2, 0) is 13.6 Å². The summed E-state index contributed by atoms with van der Waals surface area (Å²) >= 11 is 6.36. The van der Waals surface area contributed by atoms with Crippen molar-refractivity contribution in [3.05, 3.63) is 99.4 Å². The highest BCUT2D eigenvalue weighted by Crippen LogP contribution is 2.30. The maximum absolute atomic E-state index is 14.0. The molecule has 182 valence electrons. The second-order valence-electron chi connectivity index (χ2n) is 8.49. The fourth-order valence-corrected chi connectivity index (χ4v) is 4.82. The summed E-state index contributed by atoms with van der Waals surface area (Å²) < 4.78 is 8.32. The molecule has 0 N–H and O–H groups in total. The Morgan fingerprint density at radius 3 is 2.47 bits per heavy atom. The molecule has 1 amide bonds. The van der Waals surface area contributed by atoms with Crippen molar-refractivity contribution >= 4 is 39.3 Å². The second kappa shape index (κ2) is 9.51. The third kappa shape index (κ3) is 3.91. The van der Waals surface area contributed by atoms with Crippen molar-refractivity contribution in [2.75, 3.05) is 13.7 Å². The molecule has 0 saturated carbocycles. The number of carbonyl (C=O) groups is 1. The standard InChI is InChI=1S/C28H25ClN4O3/c1-4-32(17-18-10-6-5-7-11-18)27(34)25-24-20-12-8-9-13-22(20)31(2)26(24)28(35)33(30-25)19-14-15-23(36-3)21(29)16-19/h5-16H,4,17H2,1-3H3. The van der Waals surface area contributed by atoms with Crippen LogP contribution in [0.2, 0.25) is 5.02 Å². The Morgan fingerprint density at radius 1 is 1.06 bits per heavy atom.